The van der Waals surface area contributed by atoms with Gasteiger partial charge in [0, 0.05) is 18.4 Å². The highest BCUT2D eigenvalue weighted by Crippen LogP contribution is 2.30. The zero-order valence-corrected chi connectivity index (χ0v) is 19.5. The van der Waals surface area contributed by atoms with Gasteiger partial charge in [0.1, 0.15) is 17.3 Å². The molecule has 0 spiro atoms. The lowest BCUT2D eigenvalue weighted by atomic mass is 9.95. The standard InChI is InChI=1S/C24H34N4O4/c1-5-31-22(29)19(20-15-28(16-26-20)18-9-7-6-8-10-18)13-17-11-12-21(25-14-17)27-23(30)32-24(2,3)4/h11-12,14-16,18-19H,5-10,13H2,1-4H3,(H,25,27,30). The molecule has 2 aromatic heterocycles. The molecule has 0 radical (unpaired) electrons. The molecule has 8 heteroatoms. The number of rotatable bonds is 7. The fourth-order valence-electron chi connectivity index (χ4n) is 3.93. The number of hydrogen-bond donors (Lipinski definition) is 1. The Morgan fingerprint density at radius 2 is 1.94 bits per heavy atom. The molecular weight excluding hydrogens is 408 g/mol. The molecule has 3 rings (SSSR count). The van der Waals surface area contributed by atoms with Gasteiger partial charge in [-0.15, -0.1) is 0 Å². The first-order chi connectivity index (χ1) is 15.2. The molecule has 1 N–H and O–H groups in total. The van der Waals surface area contributed by atoms with Gasteiger partial charge < -0.3 is 14.0 Å². The first-order valence-electron chi connectivity index (χ1n) is 11.4. The van der Waals surface area contributed by atoms with Crippen LogP contribution in [0.5, 0.6) is 0 Å². The van der Waals surface area contributed by atoms with Crippen molar-refractivity contribution >= 4 is 17.9 Å². The zero-order chi connectivity index (χ0) is 23.1. The summed E-state index contributed by atoms with van der Waals surface area (Å²) < 4.78 is 12.7. The number of nitrogens with one attached hydrogen (secondary N) is 1. The third-order valence-corrected chi connectivity index (χ3v) is 5.44. The topological polar surface area (TPSA) is 95.3 Å². The van der Waals surface area contributed by atoms with E-state index in [4.69, 9.17) is 9.47 Å². The van der Waals surface area contributed by atoms with Crippen molar-refractivity contribution in [2.75, 3.05) is 11.9 Å². The van der Waals surface area contributed by atoms with Crippen molar-refractivity contribution in [3.05, 3.63) is 42.1 Å². The van der Waals surface area contributed by atoms with Gasteiger partial charge in [-0.05, 0) is 58.6 Å². The molecule has 0 aromatic carbocycles. The highest BCUT2D eigenvalue weighted by atomic mass is 16.6. The summed E-state index contributed by atoms with van der Waals surface area (Å²) in [6, 6.07) is 3.99. The number of anilines is 1. The predicted octanol–water partition coefficient (Wildman–Crippen LogP) is 5.02. The third-order valence-electron chi connectivity index (χ3n) is 5.44. The molecule has 1 atom stereocenters. The number of pyridine rings is 1. The first kappa shape index (κ1) is 23.8. The van der Waals surface area contributed by atoms with Crippen molar-refractivity contribution in [3.63, 3.8) is 0 Å². The average Bonchev–Trinajstić information content (AvgIpc) is 3.22. The van der Waals surface area contributed by atoms with E-state index in [0.717, 1.165) is 18.4 Å². The first-order valence-corrected chi connectivity index (χ1v) is 11.4. The molecule has 0 saturated heterocycles. The van der Waals surface area contributed by atoms with E-state index >= 15 is 0 Å². The molecule has 174 valence electrons. The minimum atomic E-state index is -0.585. The number of carbonyl (C=O) groups is 2. The Morgan fingerprint density at radius 1 is 1.19 bits per heavy atom. The summed E-state index contributed by atoms with van der Waals surface area (Å²) in [6.45, 7) is 7.51. The summed E-state index contributed by atoms with van der Waals surface area (Å²) >= 11 is 0. The smallest absolute Gasteiger partial charge is 0.413 e. The van der Waals surface area contributed by atoms with E-state index in [1.165, 1.54) is 19.3 Å². The van der Waals surface area contributed by atoms with Crippen LogP contribution in [0.3, 0.4) is 0 Å². The molecule has 1 fully saturated rings. The van der Waals surface area contributed by atoms with Crippen molar-refractivity contribution in [2.45, 2.75) is 83.8 Å². The van der Waals surface area contributed by atoms with Gasteiger partial charge in [0.05, 0.1) is 18.6 Å². The van der Waals surface area contributed by atoms with Gasteiger partial charge in [-0.1, -0.05) is 25.3 Å². The van der Waals surface area contributed by atoms with Crippen molar-refractivity contribution in [1.29, 1.82) is 0 Å². The van der Waals surface area contributed by atoms with E-state index in [-0.39, 0.29) is 5.97 Å². The fraction of sp³-hybridized carbons (Fsp3) is 0.583. The van der Waals surface area contributed by atoms with Crippen LogP contribution in [0.25, 0.3) is 0 Å². The van der Waals surface area contributed by atoms with Gasteiger partial charge in [-0.3, -0.25) is 10.1 Å². The molecular formula is C24H34N4O4. The maximum atomic E-state index is 12.7. The number of amides is 1. The molecule has 1 amide bonds. The van der Waals surface area contributed by atoms with Crippen LogP contribution >= 0.6 is 0 Å². The number of aromatic nitrogens is 3. The van der Waals surface area contributed by atoms with Crippen LogP contribution in [-0.4, -0.2) is 38.8 Å². The molecule has 1 unspecified atom stereocenters. The Kier molecular flexibility index (Phi) is 7.88. The average molecular weight is 443 g/mol. The maximum Gasteiger partial charge on any atom is 0.413 e. The number of esters is 1. The van der Waals surface area contributed by atoms with E-state index in [1.54, 1.807) is 40.0 Å². The number of imidazole rings is 1. The maximum absolute atomic E-state index is 12.7. The van der Waals surface area contributed by atoms with Crippen molar-refractivity contribution in [3.8, 4) is 0 Å². The minimum Gasteiger partial charge on any atom is -0.465 e. The summed E-state index contributed by atoms with van der Waals surface area (Å²) in [5.74, 6) is -0.416. The molecule has 32 heavy (non-hydrogen) atoms. The van der Waals surface area contributed by atoms with Crippen LogP contribution in [0, 0.1) is 0 Å². The Hall–Kier alpha value is -2.90. The lowest BCUT2D eigenvalue weighted by Gasteiger charge is -2.22. The Bertz CT molecular complexity index is 895. The summed E-state index contributed by atoms with van der Waals surface area (Å²) in [5, 5.41) is 2.61. The summed E-state index contributed by atoms with van der Waals surface area (Å²) in [5.41, 5.74) is 0.979. The second-order valence-corrected chi connectivity index (χ2v) is 9.22. The van der Waals surface area contributed by atoms with Crippen LogP contribution in [0.1, 0.15) is 83.0 Å². The highest BCUT2D eigenvalue weighted by molar-refractivity contribution is 5.83. The lowest BCUT2D eigenvalue weighted by molar-refractivity contribution is -0.145. The second kappa shape index (κ2) is 10.6. The number of nitrogens with zero attached hydrogens (tertiary/aromatic N) is 3. The van der Waals surface area contributed by atoms with E-state index in [9.17, 15) is 9.59 Å². The Balaban J connectivity index is 1.70. The molecule has 2 aromatic rings. The SMILES string of the molecule is CCOC(=O)C(Cc1ccc(NC(=O)OC(C)(C)C)nc1)c1cn(C2CCCCC2)cn1. The quantitative estimate of drug-likeness (QED) is 0.605. The molecule has 8 nitrogen and oxygen atoms in total. The van der Waals surface area contributed by atoms with Gasteiger partial charge in [-0.25, -0.2) is 14.8 Å². The second-order valence-electron chi connectivity index (χ2n) is 9.22. The highest BCUT2D eigenvalue weighted by Gasteiger charge is 2.26. The Labute approximate surface area is 189 Å². The van der Waals surface area contributed by atoms with Crippen molar-refractivity contribution < 1.29 is 19.1 Å². The number of carbonyl (C=O) groups excluding carboxylic acids is 2. The predicted molar refractivity (Wildman–Crippen MR) is 122 cm³/mol. The third kappa shape index (κ3) is 6.80. The van der Waals surface area contributed by atoms with Gasteiger partial charge >= 0.3 is 12.1 Å². The zero-order valence-electron chi connectivity index (χ0n) is 19.5. The van der Waals surface area contributed by atoms with Gasteiger partial charge in [0.2, 0.25) is 0 Å². The molecule has 1 aliphatic rings. The van der Waals surface area contributed by atoms with Crippen LogP contribution in [0.4, 0.5) is 10.6 Å². The lowest BCUT2D eigenvalue weighted by Crippen LogP contribution is -2.27. The summed E-state index contributed by atoms with van der Waals surface area (Å²) in [6.07, 6.45) is 11.4. The minimum absolute atomic E-state index is 0.294. The molecule has 0 aliphatic heterocycles. The van der Waals surface area contributed by atoms with E-state index < -0.39 is 17.6 Å². The van der Waals surface area contributed by atoms with Crippen LogP contribution in [0.2, 0.25) is 0 Å². The van der Waals surface area contributed by atoms with Crippen LogP contribution in [0.15, 0.2) is 30.9 Å². The van der Waals surface area contributed by atoms with E-state index in [2.05, 4.69) is 19.9 Å². The molecule has 2 heterocycles. The largest absolute Gasteiger partial charge is 0.465 e. The van der Waals surface area contributed by atoms with E-state index in [1.807, 2.05) is 18.6 Å². The number of ether oxygens (including phenoxy) is 2. The number of hydrogen-bond acceptors (Lipinski definition) is 6. The van der Waals surface area contributed by atoms with Gasteiger partial charge in [0.15, 0.2) is 0 Å². The van der Waals surface area contributed by atoms with Crippen molar-refractivity contribution in [1.82, 2.24) is 14.5 Å². The van der Waals surface area contributed by atoms with Crippen LogP contribution in [-0.2, 0) is 20.7 Å². The summed E-state index contributed by atoms with van der Waals surface area (Å²) in [7, 11) is 0. The van der Waals surface area contributed by atoms with Crippen molar-refractivity contribution in [2.24, 2.45) is 0 Å². The Morgan fingerprint density at radius 3 is 2.56 bits per heavy atom. The van der Waals surface area contributed by atoms with Gasteiger partial charge in [-0.2, -0.15) is 0 Å². The molecule has 0 bridgehead atoms. The van der Waals surface area contributed by atoms with Gasteiger partial charge in [0.25, 0.3) is 0 Å². The summed E-state index contributed by atoms with van der Waals surface area (Å²) in [4.78, 5) is 33.5. The van der Waals surface area contributed by atoms with E-state index in [0.29, 0.717) is 30.6 Å². The monoisotopic (exact) mass is 442 g/mol. The fourth-order valence-corrected chi connectivity index (χ4v) is 3.93. The molecule has 1 aliphatic carbocycles. The normalized spacial score (nSPS) is 15.8. The molecule has 1 saturated carbocycles. The van der Waals surface area contributed by atoms with Crippen LogP contribution < -0.4 is 5.32 Å².